The summed E-state index contributed by atoms with van der Waals surface area (Å²) in [6.45, 7) is 0. The van der Waals surface area contributed by atoms with Gasteiger partial charge in [-0.1, -0.05) is 5.16 Å². The standard InChI is InChI=1S/C9H8BrN5O/c10-7-4-13-15(5-7)8-3-6(1-2-12-8)9(11)14-16/h1-5,16H,(H2,11,14). The number of aromatic nitrogens is 3. The van der Waals surface area contributed by atoms with E-state index >= 15 is 0 Å². The molecule has 7 heteroatoms. The molecule has 0 saturated heterocycles. The minimum Gasteiger partial charge on any atom is -0.409 e. The van der Waals surface area contributed by atoms with Gasteiger partial charge in [0.1, 0.15) is 0 Å². The second-order valence-electron chi connectivity index (χ2n) is 2.99. The van der Waals surface area contributed by atoms with Gasteiger partial charge in [0.2, 0.25) is 0 Å². The van der Waals surface area contributed by atoms with E-state index in [1.807, 2.05) is 0 Å². The first kappa shape index (κ1) is 10.6. The number of halogens is 1. The molecule has 0 spiro atoms. The molecule has 0 amide bonds. The van der Waals surface area contributed by atoms with Gasteiger partial charge in [0.15, 0.2) is 11.7 Å². The lowest BCUT2D eigenvalue weighted by Crippen LogP contribution is -2.14. The first-order valence-corrected chi connectivity index (χ1v) is 5.14. The monoisotopic (exact) mass is 281 g/mol. The largest absolute Gasteiger partial charge is 0.409 e. The molecule has 0 aliphatic carbocycles. The number of pyridine rings is 1. The van der Waals surface area contributed by atoms with Crippen molar-refractivity contribution in [3.8, 4) is 5.82 Å². The van der Waals surface area contributed by atoms with Crippen LogP contribution in [0, 0.1) is 0 Å². The van der Waals surface area contributed by atoms with E-state index < -0.39 is 0 Å². The lowest BCUT2D eigenvalue weighted by atomic mass is 10.2. The first-order valence-electron chi connectivity index (χ1n) is 4.35. The molecule has 3 N–H and O–H groups in total. The normalized spacial score (nSPS) is 11.7. The van der Waals surface area contributed by atoms with Gasteiger partial charge < -0.3 is 10.9 Å². The summed E-state index contributed by atoms with van der Waals surface area (Å²) < 4.78 is 2.43. The highest BCUT2D eigenvalue weighted by molar-refractivity contribution is 9.10. The predicted octanol–water partition coefficient (Wildman–Crippen LogP) is 1.12. The van der Waals surface area contributed by atoms with E-state index in [-0.39, 0.29) is 5.84 Å². The SMILES string of the molecule is N/C(=N\O)c1ccnc(-n2cc(Br)cn2)c1. The molecule has 0 aliphatic rings. The lowest BCUT2D eigenvalue weighted by molar-refractivity contribution is 0.318. The first-order chi connectivity index (χ1) is 7.70. The van der Waals surface area contributed by atoms with Crippen LogP contribution in [0.1, 0.15) is 5.56 Å². The quantitative estimate of drug-likeness (QED) is 0.374. The lowest BCUT2D eigenvalue weighted by Gasteiger charge is -2.02. The molecule has 2 aromatic rings. The van der Waals surface area contributed by atoms with E-state index in [2.05, 4.69) is 31.2 Å². The molecular weight excluding hydrogens is 274 g/mol. The molecule has 0 saturated carbocycles. The van der Waals surface area contributed by atoms with Crippen LogP contribution in [-0.4, -0.2) is 25.8 Å². The fraction of sp³-hybridized carbons (Fsp3) is 0. The van der Waals surface area contributed by atoms with Crippen molar-refractivity contribution in [3.63, 3.8) is 0 Å². The minimum absolute atomic E-state index is 0.0369. The van der Waals surface area contributed by atoms with Crippen LogP contribution in [-0.2, 0) is 0 Å². The topological polar surface area (TPSA) is 89.3 Å². The van der Waals surface area contributed by atoms with Gasteiger partial charge in [-0.25, -0.2) is 9.67 Å². The van der Waals surface area contributed by atoms with Crippen molar-refractivity contribution in [2.24, 2.45) is 10.9 Å². The fourth-order valence-electron chi connectivity index (χ4n) is 1.19. The van der Waals surface area contributed by atoms with Gasteiger partial charge in [-0.05, 0) is 28.1 Å². The van der Waals surface area contributed by atoms with Crippen LogP contribution < -0.4 is 5.73 Å². The Morgan fingerprint density at radius 2 is 2.38 bits per heavy atom. The Bertz CT molecular complexity index is 536. The van der Waals surface area contributed by atoms with E-state index in [1.165, 1.54) is 0 Å². The molecule has 2 rings (SSSR count). The highest BCUT2D eigenvalue weighted by Crippen LogP contribution is 2.11. The number of nitrogens with zero attached hydrogens (tertiary/aromatic N) is 4. The minimum atomic E-state index is 0.0369. The molecule has 0 aromatic carbocycles. The van der Waals surface area contributed by atoms with E-state index in [0.717, 1.165) is 4.47 Å². The second-order valence-corrected chi connectivity index (χ2v) is 3.91. The van der Waals surface area contributed by atoms with Gasteiger partial charge in [0.05, 0.1) is 10.7 Å². The maximum atomic E-state index is 8.57. The molecule has 0 bridgehead atoms. The van der Waals surface area contributed by atoms with E-state index in [4.69, 9.17) is 10.9 Å². The highest BCUT2D eigenvalue weighted by atomic mass is 79.9. The Morgan fingerprint density at radius 1 is 1.56 bits per heavy atom. The molecule has 2 heterocycles. The Morgan fingerprint density at radius 3 is 3.00 bits per heavy atom. The Hall–Kier alpha value is -1.89. The number of oxime groups is 1. The summed E-state index contributed by atoms with van der Waals surface area (Å²) in [5.74, 6) is 0.629. The Labute approximate surface area is 99.5 Å². The molecule has 2 aromatic heterocycles. The third kappa shape index (κ3) is 2.03. The molecule has 0 unspecified atom stereocenters. The maximum Gasteiger partial charge on any atom is 0.170 e. The summed E-state index contributed by atoms with van der Waals surface area (Å²) in [7, 11) is 0. The van der Waals surface area contributed by atoms with Crippen molar-refractivity contribution < 1.29 is 5.21 Å². The van der Waals surface area contributed by atoms with E-state index in [9.17, 15) is 0 Å². The summed E-state index contributed by atoms with van der Waals surface area (Å²) in [5, 5.41) is 15.6. The van der Waals surface area contributed by atoms with Gasteiger partial charge in [-0.15, -0.1) is 0 Å². The second kappa shape index (κ2) is 4.31. The molecule has 0 aliphatic heterocycles. The zero-order valence-electron chi connectivity index (χ0n) is 8.08. The fourth-order valence-corrected chi connectivity index (χ4v) is 1.47. The number of hydrogen-bond acceptors (Lipinski definition) is 4. The van der Waals surface area contributed by atoms with Crippen LogP contribution in [0.2, 0.25) is 0 Å². The third-order valence-corrected chi connectivity index (χ3v) is 2.34. The van der Waals surface area contributed by atoms with Gasteiger partial charge in [-0.2, -0.15) is 5.10 Å². The maximum absolute atomic E-state index is 8.57. The summed E-state index contributed by atoms with van der Waals surface area (Å²) in [6, 6.07) is 3.32. The highest BCUT2D eigenvalue weighted by Gasteiger charge is 2.04. The number of nitrogens with two attached hydrogens (primary N) is 1. The van der Waals surface area contributed by atoms with Gasteiger partial charge in [0.25, 0.3) is 0 Å². The van der Waals surface area contributed by atoms with Crippen LogP contribution in [0.15, 0.2) is 40.4 Å². The molecule has 6 nitrogen and oxygen atoms in total. The van der Waals surface area contributed by atoms with Gasteiger partial charge in [0, 0.05) is 18.0 Å². The zero-order chi connectivity index (χ0) is 11.5. The smallest absolute Gasteiger partial charge is 0.170 e. The average molecular weight is 282 g/mol. The molecule has 16 heavy (non-hydrogen) atoms. The molecule has 82 valence electrons. The summed E-state index contributed by atoms with van der Waals surface area (Å²) in [6.07, 6.45) is 4.98. The van der Waals surface area contributed by atoms with Crippen molar-refractivity contribution in [1.82, 2.24) is 14.8 Å². The summed E-state index contributed by atoms with van der Waals surface area (Å²) >= 11 is 3.29. The third-order valence-electron chi connectivity index (χ3n) is 1.93. The van der Waals surface area contributed by atoms with Crippen LogP contribution in [0.3, 0.4) is 0 Å². The number of rotatable bonds is 2. The van der Waals surface area contributed by atoms with Crippen LogP contribution in [0.4, 0.5) is 0 Å². The Balaban J connectivity index is 2.43. The number of amidine groups is 1. The van der Waals surface area contributed by atoms with Crippen LogP contribution in [0.5, 0.6) is 0 Å². The predicted molar refractivity (Wildman–Crippen MR) is 61.6 cm³/mol. The average Bonchev–Trinajstić information content (AvgIpc) is 2.75. The van der Waals surface area contributed by atoms with Crippen molar-refractivity contribution in [2.75, 3.05) is 0 Å². The van der Waals surface area contributed by atoms with Crippen molar-refractivity contribution in [2.45, 2.75) is 0 Å². The van der Waals surface area contributed by atoms with Crippen molar-refractivity contribution in [3.05, 3.63) is 40.8 Å². The Kier molecular flexibility index (Phi) is 2.86. The van der Waals surface area contributed by atoms with Crippen molar-refractivity contribution in [1.29, 1.82) is 0 Å². The molecular formula is C9H8BrN5O. The van der Waals surface area contributed by atoms with Crippen molar-refractivity contribution >= 4 is 21.8 Å². The molecule has 0 fully saturated rings. The number of hydrogen-bond donors (Lipinski definition) is 2. The van der Waals surface area contributed by atoms with Gasteiger partial charge >= 0.3 is 0 Å². The van der Waals surface area contributed by atoms with Crippen LogP contribution >= 0.6 is 15.9 Å². The molecule has 0 atom stereocenters. The molecule has 0 radical (unpaired) electrons. The summed E-state index contributed by atoms with van der Waals surface area (Å²) in [5.41, 5.74) is 6.06. The van der Waals surface area contributed by atoms with Gasteiger partial charge in [-0.3, -0.25) is 0 Å². The van der Waals surface area contributed by atoms with E-state index in [0.29, 0.717) is 11.4 Å². The van der Waals surface area contributed by atoms with Crippen LogP contribution in [0.25, 0.3) is 5.82 Å². The summed E-state index contributed by atoms with van der Waals surface area (Å²) in [4.78, 5) is 4.13. The zero-order valence-corrected chi connectivity index (χ0v) is 9.66. The van der Waals surface area contributed by atoms with E-state index in [1.54, 1.807) is 35.4 Å².